The molecule has 0 N–H and O–H groups in total. The van der Waals surface area contributed by atoms with Crippen LogP contribution in [0, 0.1) is 11.8 Å². The van der Waals surface area contributed by atoms with Gasteiger partial charge < -0.3 is 0 Å². The Hall–Kier alpha value is -0.850. The van der Waals surface area contributed by atoms with Crippen molar-refractivity contribution in [2.45, 2.75) is 54.4 Å². The van der Waals surface area contributed by atoms with Gasteiger partial charge in [0.15, 0.2) is 0 Å². The Morgan fingerprint density at radius 3 is 1.94 bits per heavy atom. The average molecular weight is 220 g/mol. The summed E-state index contributed by atoms with van der Waals surface area (Å²) in [6.45, 7) is 13.1. The monoisotopic (exact) mass is 220 g/mol. The zero-order chi connectivity index (χ0) is 12.5. The zero-order valence-corrected chi connectivity index (χ0v) is 11.5. The number of ketones is 1. The number of allylic oxidation sites excluding steroid dienone is 4. The first-order valence-electron chi connectivity index (χ1n) is 6.26. The molecule has 0 saturated heterocycles. The molecule has 1 heteroatoms. The Balaban J connectivity index is 3.37. The van der Waals surface area contributed by atoms with E-state index in [2.05, 4.69) is 41.5 Å². The molecule has 1 rings (SSSR count). The summed E-state index contributed by atoms with van der Waals surface area (Å²) in [7, 11) is 0. The van der Waals surface area contributed by atoms with Crippen LogP contribution in [0.4, 0.5) is 0 Å². The molecule has 0 spiro atoms. The van der Waals surface area contributed by atoms with E-state index < -0.39 is 0 Å². The normalized spacial score (nSPS) is 17.8. The van der Waals surface area contributed by atoms with Gasteiger partial charge in [-0.2, -0.15) is 0 Å². The first-order chi connectivity index (χ1) is 7.34. The fraction of sp³-hybridized carbons (Fsp3) is 0.667. The number of rotatable bonds is 2. The van der Waals surface area contributed by atoms with Crippen LogP contribution in [0.5, 0.6) is 0 Å². The van der Waals surface area contributed by atoms with Crippen molar-refractivity contribution in [2.75, 3.05) is 0 Å². The van der Waals surface area contributed by atoms with E-state index in [1.54, 1.807) is 0 Å². The molecule has 0 bridgehead atoms. The van der Waals surface area contributed by atoms with E-state index in [1.165, 1.54) is 22.3 Å². The van der Waals surface area contributed by atoms with Gasteiger partial charge in [-0.25, -0.2) is 0 Å². The molecule has 0 saturated carbocycles. The quantitative estimate of drug-likeness (QED) is 0.678. The van der Waals surface area contributed by atoms with E-state index in [0.717, 1.165) is 0 Å². The minimum atomic E-state index is 0.379. The Kier molecular flexibility index (Phi) is 4.12. The number of hydrogen-bond acceptors (Lipinski definition) is 1. The summed E-state index contributed by atoms with van der Waals surface area (Å²) in [6, 6.07) is 0. The van der Waals surface area contributed by atoms with Crippen LogP contribution in [-0.2, 0) is 4.79 Å². The van der Waals surface area contributed by atoms with Gasteiger partial charge in [-0.3, -0.25) is 4.79 Å². The van der Waals surface area contributed by atoms with Crippen LogP contribution in [0.2, 0.25) is 0 Å². The van der Waals surface area contributed by atoms with Crippen LogP contribution in [0.3, 0.4) is 0 Å². The highest BCUT2D eigenvalue weighted by Gasteiger charge is 2.26. The second kappa shape index (κ2) is 4.99. The minimum absolute atomic E-state index is 0.379. The van der Waals surface area contributed by atoms with Crippen molar-refractivity contribution in [3.63, 3.8) is 0 Å². The second-order valence-electron chi connectivity index (χ2n) is 5.62. The standard InChI is InChI=1S/C15H24O/c1-9(2)13-7-12(16)8-14(10(3)4)15(13)11(5)6/h9,11H,7-8H2,1-6H3. The third-order valence-electron chi connectivity index (χ3n) is 3.31. The topological polar surface area (TPSA) is 17.1 Å². The van der Waals surface area contributed by atoms with Crippen molar-refractivity contribution < 1.29 is 4.79 Å². The molecule has 1 aliphatic rings. The molecule has 1 aliphatic carbocycles. The van der Waals surface area contributed by atoms with Crippen LogP contribution in [0.25, 0.3) is 0 Å². The molecule has 0 aromatic carbocycles. The lowest BCUT2D eigenvalue weighted by Gasteiger charge is -2.28. The molecule has 0 atom stereocenters. The van der Waals surface area contributed by atoms with Gasteiger partial charge in [0.25, 0.3) is 0 Å². The van der Waals surface area contributed by atoms with Crippen molar-refractivity contribution in [2.24, 2.45) is 11.8 Å². The van der Waals surface area contributed by atoms with Gasteiger partial charge >= 0.3 is 0 Å². The van der Waals surface area contributed by atoms with Gasteiger partial charge in [-0.1, -0.05) is 38.8 Å². The van der Waals surface area contributed by atoms with E-state index in [-0.39, 0.29) is 0 Å². The predicted octanol–water partition coefficient (Wildman–Crippen LogP) is 4.29. The third-order valence-corrected chi connectivity index (χ3v) is 3.31. The lowest BCUT2D eigenvalue weighted by Crippen LogP contribution is -2.19. The summed E-state index contributed by atoms with van der Waals surface area (Å²) in [5.41, 5.74) is 5.42. The maximum atomic E-state index is 11.8. The number of hydrogen-bond donors (Lipinski definition) is 0. The number of Topliss-reactive ketones (excluding diaryl/α,β-unsaturated/α-hetero) is 1. The lowest BCUT2D eigenvalue weighted by atomic mass is 9.76. The highest BCUT2D eigenvalue weighted by atomic mass is 16.1. The van der Waals surface area contributed by atoms with Crippen molar-refractivity contribution in [1.29, 1.82) is 0 Å². The van der Waals surface area contributed by atoms with Gasteiger partial charge in [0.05, 0.1) is 0 Å². The number of carbonyl (C=O) groups is 1. The molecule has 0 radical (unpaired) electrons. The Morgan fingerprint density at radius 1 is 1.00 bits per heavy atom. The zero-order valence-electron chi connectivity index (χ0n) is 11.5. The third kappa shape index (κ3) is 2.63. The van der Waals surface area contributed by atoms with E-state index >= 15 is 0 Å². The highest BCUT2D eigenvalue weighted by molar-refractivity contribution is 5.87. The molecule has 90 valence electrons. The maximum Gasteiger partial charge on any atom is 0.141 e. The van der Waals surface area contributed by atoms with Crippen molar-refractivity contribution >= 4 is 5.78 Å². The molecule has 0 aliphatic heterocycles. The highest BCUT2D eigenvalue weighted by Crippen LogP contribution is 2.37. The summed E-state index contributed by atoms with van der Waals surface area (Å²) in [4.78, 5) is 11.8. The Morgan fingerprint density at radius 2 is 1.56 bits per heavy atom. The summed E-state index contributed by atoms with van der Waals surface area (Å²) in [5.74, 6) is 1.38. The minimum Gasteiger partial charge on any atom is -0.299 e. The van der Waals surface area contributed by atoms with Crippen molar-refractivity contribution in [3.05, 3.63) is 22.3 Å². The molecule has 0 aromatic heterocycles. The Bertz CT molecular complexity index is 350. The molecule has 0 fully saturated rings. The van der Waals surface area contributed by atoms with E-state index in [1.807, 2.05) is 0 Å². The smallest absolute Gasteiger partial charge is 0.141 e. The summed E-state index contributed by atoms with van der Waals surface area (Å²) >= 11 is 0. The van der Waals surface area contributed by atoms with E-state index in [9.17, 15) is 4.79 Å². The first kappa shape index (κ1) is 13.2. The fourth-order valence-electron chi connectivity index (χ4n) is 2.54. The fourth-order valence-corrected chi connectivity index (χ4v) is 2.54. The number of carbonyl (C=O) groups excluding carboxylic acids is 1. The summed E-state index contributed by atoms with van der Waals surface area (Å²) in [5, 5.41) is 0. The molecule has 0 heterocycles. The maximum absolute atomic E-state index is 11.8. The summed E-state index contributed by atoms with van der Waals surface area (Å²) < 4.78 is 0. The van der Waals surface area contributed by atoms with Crippen LogP contribution < -0.4 is 0 Å². The average Bonchev–Trinajstić information content (AvgIpc) is 2.15. The van der Waals surface area contributed by atoms with Crippen molar-refractivity contribution in [1.82, 2.24) is 0 Å². The van der Waals surface area contributed by atoms with Gasteiger partial charge in [0.1, 0.15) is 5.78 Å². The lowest BCUT2D eigenvalue weighted by molar-refractivity contribution is -0.118. The van der Waals surface area contributed by atoms with Gasteiger partial charge in [-0.15, -0.1) is 0 Å². The van der Waals surface area contributed by atoms with Crippen LogP contribution in [0.15, 0.2) is 22.3 Å². The molecule has 0 unspecified atom stereocenters. The molecule has 1 nitrogen and oxygen atoms in total. The van der Waals surface area contributed by atoms with Gasteiger partial charge in [0.2, 0.25) is 0 Å². The molecule has 16 heavy (non-hydrogen) atoms. The Labute approximate surface area is 99.6 Å². The SMILES string of the molecule is CC(C)=C1CC(=O)CC(C(C)C)=C1C(C)C. The molecule has 0 aromatic rings. The predicted molar refractivity (Wildman–Crippen MR) is 69.3 cm³/mol. The molecule has 0 amide bonds. The van der Waals surface area contributed by atoms with Crippen LogP contribution >= 0.6 is 0 Å². The summed E-state index contributed by atoms with van der Waals surface area (Å²) in [6.07, 6.45) is 1.31. The van der Waals surface area contributed by atoms with Crippen molar-refractivity contribution in [3.8, 4) is 0 Å². The van der Waals surface area contributed by atoms with E-state index in [0.29, 0.717) is 30.5 Å². The second-order valence-corrected chi connectivity index (χ2v) is 5.62. The molecular weight excluding hydrogens is 196 g/mol. The molecular formula is C15H24O. The largest absolute Gasteiger partial charge is 0.299 e. The van der Waals surface area contributed by atoms with Crippen LogP contribution in [0.1, 0.15) is 54.4 Å². The van der Waals surface area contributed by atoms with Crippen LogP contribution in [-0.4, -0.2) is 5.78 Å². The van der Waals surface area contributed by atoms with E-state index in [4.69, 9.17) is 0 Å². The first-order valence-corrected chi connectivity index (χ1v) is 6.26. The van der Waals surface area contributed by atoms with Gasteiger partial charge in [0, 0.05) is 12.8 Å². The van der Waals surface area contributed by atoms with Gasteiger partial charge in [-0.05, 0) is 36.8 Å².